The highest BCUT2D eigenvalue weighted by molar-refractivity contribution is 9.11. The number of hydrogen-bond acceptors (Lipinski definition) is 2. The van der Waals surface area contributed by atoms with Crippen molar-refractivity contribution in [3.8, 4) is 0 Å². The van der Waals surface area contributed by atoms with E-state index in [1.807, 2.05) is 6.07 Å². The Morgan fingerprint density at radius 2 is 2.00 bits per heavy atom. The van der Waals surface area contributed by atoms with E-state index >= 15 is 0 Å². The van der Waals surface area contributed by atoms with Crippen molar-refractivity contribution in [2.75, 3.05) is 0 Å². The van der Waals surface area contributed by atoms with Crippen molar-refractivity contribution in [2.24, 2.45) is 11.8 Å². The quantitative estimate of drug-likeness (QED) is 0.871. The lowest BCUT2D eigenvalue weighted by Gasteiger charge is -2.20. The van der Waals surface area contributed by atoms with Gasteiger partial charge in [0.2, 0.25) is 0 Å². The Morgan fingerprint density at radius 3 is 2.36 bits per heavy atom. The van der Waals surface area contributed by atoms with E-state index in [1.165, 1.54) is 11.3 Å². The molecule has 1 aromatic rings. The minimum Gasteiger partial charge on any atom is -0.387 e. The summed E-state index contributed by atoms with van der Waals surface area (Å²) in [5.41, 5.74) is 0. The SMILES string of the molecule is CC(C)C(C)C(O)c1cc(Cl)c(Br)s1. The first kappa shape index (κ1) is 12.5. The van der Waals surface area contributed by atoms with Crippen molar-refractivity contribution in [1.82, 2.24) is 0 Å². The molecule has 0 saturated carbocycles. The zero-order valence-electron chi connectivity index (χ0n) is 8.42. The zero-order chi connectivity index (χ0) is 10.9. The highest BCUT2D eigenvalue weighted by Crippen LogP contribution is 2.38. The van der Waals surface area contributed by atoms with Gasteiger partial charge in [0.1, 0.15) is 0 Å². The molecule has 0 fully saturated rings. The van der Waals surface area contributed by atoms with Crippen molar-refractivity contribution < 1.29 is 5.11 Å². The topological polar surface area (TPSA) is 20.2 Å². The second-order valence-electron chi connectivity index (χ2n) is 3.82. The van der Waals surface area contributed by atoms with Gasteiger partial charge >= 0.3 is 0 Å². The third kappa shape index (κ3) is 2.72. The molecule has 1 nitrogen and oxygen atoms in total. The molecule has 14 heavy (non-hydrogen) atoms. The molecule has 1 rings (SSSR count). The summed E-state index contributed by atoms with van der Waals surface area (Å²) in [5.74, 6) is 0.710. The van der Waals surface area contributed by atoms with Gasteiger partial charge in [0, 0.05) is 4.88 Å². The monoisotopic (exact) mass is 296 g/mol. The predicted molar refractivity (Wildman–Crippen MR) is 66.0 cm³/mol. The Balaban J connectivity index is 2.83. The summed E-state index contributed by atoms with van der Waals surface area (Å²) in [4.78, 5) is 0.933. The minimum atomic E-state index is -0.413. The Hall–Kier alpha value is 0.430. The maximum Gasteiger partial charge on any atom is 0.0910 e. The van der Waals surface area contributed by atoms with Crippen LogP contribution in [0.5, 0.6) is 0 Å². The maximum atomic E-state index is 10.0. The van der Waals surface area contributed by atoms with Gasteiger partial charge in [-0.15, -0.1) is 11.3 Å². The van der Waals surface area contributed by atoms with Gasteiger partial charge in [-0.3, -0.25) is 0 Å². The van der Waals surface area contributed by atoms with Gasteiger partial charge in [0.05, 0.1) is 14.9 Å². The summed E-state index contributed by atoms with van der Waals surface area (Å²) in [6.07, 6.45) is -0.413. The van der Waals surface area contributed by atoms with Gasteiger partial charge in [0.25, 0.3) is 0 Å². The first-order valence-electron chi connectivity index (χ1n) is 4.56. The number of aliphatic hydroxyl groups is 1. The fourth-order valence-electron chi connectivity index (χ4n) is 1.13. The summed E-state index contributed by atoms with van der Waals surface area (Å²) >= 11 is 10.8. The van der Waals surface area contributed by atoms with Gasteiger partial charge in [0.15, 0.2) is 0 Å². The van der Waals surface area contributed by atoms with Crippen LogP contribution in [0.1, 0.15) is 31.8 Å². The van der Waals surface area contributed by atoms with Crippen molar-refractivity contribution in [1.29, 1.82) is 0 Å². The smallest absolute Gasteiger partial charge is 0.0910 e. The normalized spacial score (nSPS) is 15.9. The largest absolute Gasteiger partial charge is 0.387 e. The summed E-state index contributed by atoms with van der Waals surface area (Å²) in [6, 6.07) is 1.83. The molecule has 2 atom stereocenters. The summed E-state index contributed by atoms with van der Waals surface area (Å²) < 4.78 is 0.893. The van der Waals surface area contributed by atoms with Gasteiger partial charge in [-0.1, -0.05) is 32.4 Å². The molecule has 1 aromatic heterocycles. The number of hydrogen-bond donors (Lipinski definition) is 1. The molecule has 0 amide bonds. The van der Waals surface area contributed by atoms with Crippen LogP contribution in [0.3, 0.4) is 0 Å². The molecule has 0 aliphatic carbocycles. The van der Waals surface area contributed by atoms with Gasteiger partial charge in [-0.2, -0.15) is 0 Å². The first-order chi connectivity index (χ1) is 6.43. The van der Waals surface area contributed by atoms with Crippen LogP contribution in [0.15, 0.2) is 9.85 Å². The van der Waals surface area contributed by atoms with Gasteiger partial charge in [-0.05, 0) is 33.8 Å². The van der Waals surface area contributed by atoms with Crippen molar-refractivity contribution in [2.45, 2.75) is 26.9 Å². The van der Waals surface area contributed by atoms with Crippen LogP contribution in [0.2, 0.25) is 5.02 Å². The van der Waals surface area contributed by atoms with Crippen LogP contribution in [0, 0.1) is 11.8 Å². The molecule has 1 heterocycles. The highest BCUT2D eigenvalue weighted by atomic mass is 79.9. The number of aliphatic hydroxyl groups excluding tert-OH is 1. The van der Waals surface area contributed by atoms with Crippen molar-refractivity contribution >= 4 is 38.9 Å². The molecular formula is C10H14BrClOS. The van der Waals surface area contributed by atoms with Gasteiger partial charge in [-0.25, -0.2) is 0 Å². The number of thiophene rings is 1. The standard InChI is InChI=1S/C10H14BrClOS/c1-5(2)6(3)9(13)8-4-7(12)10(11)14-8/h4-6,9,13H,1-3H3. The maximum absolute atomic E-state index is 10.0. The van der Waals surface area contributed by atoms with Gasteiger partial charge < -0.3 is 5.11 Å². The molecular weight excluding hydrogens is 284 g/mol. The average molecular weight is 298 g/mol. The Bertz CT molecular complexity index is 292. The Morgan fingerprint density at radius 1 is 1.43 bits per heavy atom. The molecule has 0 saturated heterocycles. The zero-order valence-corrected chi connectivity index (χ0v) is 11.6. The fourth-order valence-corrected chi connectivity index (χ4v) is 2.98. The Kier molecular flexibility index (Phi) is 4.44. The molecule has 0 aromatic carbocycles. The van der Waals surface area contributed by atoms with Crippen LogP contribution < -0.4 is 0 Å². The second-order valence-corrected chi connectivity index (χ2v) is 6.63. The highest BCUT2D eigenvalue weighted by Gasteiger charge is 2.21. The minimum absolute atomic E-state index is 0.247. The fraction of sp³-hybridized carbons (Fsp3) is 0.600. The third-order valence-electron chi connectivity index (χ3n) is 2.51. The third-order valence-corrected chi connectivity index (χ3v) is 5.05. The molecule has 1 N–H and O–H groups in total. The van der Waals surface area contributed by atoms with Crippen LogP contribution in [-0.2, 0) is 0 Å². The molecule has 0 aliphatic rings. The molecule has 4 heteroatoms. The van der Waals surface area contributed by atoms with E-state index in [0.29, 0.717) is 10.9 Å². The molecule has 0 spiro atoms. The molecule has 0 radical (unpaired) electrons. The number of halogens is 2. The van der Waals surface area contributed by atoms with Crippen LogP contribution in [0.4, 0.5) is 0 Å². The lowest BCUT2D eigenvalue weighted by Crippen LogP contribution is -2.13. The average Bonchev–Trinajstić information content (AvgIpc) is 2.44. The molecule has 0 bridgehead atoms. The second kappa shape index (κ2) is 4.97. The van der Waals surface area contributed by atoms with E-state index in [9.17, 15) is 5.11 Å². The summed E-state index contributed by atoms with van der Waals surface area (Å²) in [5, 5.41) is 10.7. The summed E-state index contributed by atoms with van der Waals surface area (Å²) in [7, 11) is 0. The molecule has 0 aliphatic heterocycles. The van der Waals surface area contributed by atoms with E-state index in [4.69, 9.17) is 11.6 Å². The van der Waals surface area contributed by atoms with Crippen molar-refractivity contribution in [3.05, 3.63) is 19.8 Å². The van der Waals surface area contributed by atoms with E-state index in [0.717, 1.165) is 8.66 Å². The lowest BCUT2D eigenvalue weighted by atomic mass is 9.91. The lowest BCUT2D eigenvalue weighted by molar-refractivity contribution is 0.0953. The van der Waals surface area contributed by atoms with E-state index in [2.05, 4.69) is 36.7 Å². The van der Waals surface area contributed by atoms with E-state index in [1.54, 1.807) is 0 Å². The summed E-state index contributed by atoms with van der Waals surface area (Å²) in [6.45, 7) is 6.27. The van der Waals surface area contributed by atoms with Crippen LogP contribution in [-0.4, -0.2) is 5.11 Å². The predicted octanol–water partition coefficient (Wildman–Crippen LogP) is 4.49. The van der Waals surface area contributed by atoms with E-state index in [-0.39, 0.29) is 5.92 Å². The van der Waals surface area contributed by atoms with Crippen molar-refractivity contribution in [3.63, 3.8) is 0 Å². The van der Waals surface area contributed by atoms with Crippen LogP contribution in [0.25, 0.3) is 0 Å². The van der Waals surface area contributed by atoms with Crippen LogP contribution >= 0.6 is 38.9 Å². The first-order valence-corrected chi connectivity index (χ1v) is 6.55. The number of rotatable bonds is 3. The molecule has 80 valence electrons. The van der Waals surface area contributed by atoms with E-state index < -0.39 is 6.10 Å². The molecule has 2 unspecified atom stereocenters. The Labute approximate surface area is 102 Å².